The number of rotatable bonds is 26. The van der Waals surface area contributed by atoms with Crippen LogP contribution in [0.5, 0.6) is 0 Å². The van der Waals surface area contributed by atoms with Gasteiger partial charge in [0.1, 0.15) is 36.6 Å². The van der Waals surface area contributed by atoms with Crippen LogP contribution in [0.4, 0.5) is 0 Å². The molecule has 2 heterocycles. The maximum absolute atomic E-state index is 7.64. The van der Waals surface area contributed by atoms with Gasteiger partial charge in [-0.3, -0.25) is 0 Å². The first-order valence-electron chi connectivity index (χ1n) is 33.8. The summed E-state index contributed by atoms with van der Waals surface area (Å²) in [6, 6.07) is 90.2. The number of nitrogens with two attached hydrogens (primary N) is 5. The molecule has 3 fully saturated rings. The zero-order valence-electron chi connectivity index (χ0n) is 54.9. The van der Waals surface area contributed by atoms with Crippen LogP contribution < -0.4 is 28.7 Å². The smallest absolute Gasteiger partial charge is 0.186 e. The fourth-order valence-corrected chi connectivity index (χ4v) is 13.3. The first-order valence-corrected chi connectivity index (χ1v) is 33.8. The van der Waals surface area contributed by atoms with E-state index in [0.29, 0.717) is 19.6 Å². The predicted molar refractivity (Wildman–Crippen MR) is 388 cm³/mol. The van der Waals surface area contributed by atoms with Crippen LogP contribution in [0.15, 0.2) is 273 Å². The minimum Gasteiger partial charge on any atom is -0.374 e. The van der Waals surface area contributed by atoms with E-state index in [1.807, 2.05) is 91.0 Å². The molecule has 2 saturated heterocycles. The molecule has 15 heteroatoms. The van der Waals surface area contributed by atoms with E-state index >= 15 is 0 Å². The maximum Gasteiger partial charge on any atom is 0.186 e. The van der Waals surface area contributed by atoms with Crippen LogP contribution >= 0.6 is 12.4 Å². The maximum atomic E-state index is 7.64. The van der Waals surface area contributed by atoms with Crippen molar-refractivity contribution >= 4 is 12.4 Å². The van der Waals surface area contributed by atoms with Crippen LogP contribution in [0, 0.1) is 0 Å². The van der Waals surface area contributed by atoms with E-state index in [-0.39, 0.29) is 51.8 Å². The molecule has 0 bridgehead atoms. The van der Waals surface area contributed by atoms with E-state index in [4.69, 9.17) is 71.3 Å². The molecule has 10 N–H and O–H groups in total. The van der Waals surface area contributed by atoms with E-state index in [1.54, 1.807) is 0 Å². The SMILES string of the molecule is Cl.NC[C@H]1O[C@H](O[C@H]2[C@H](OCc3ccc(-c4ccccc4)cc3)[C@@H](O[C@H]3O[C@H](COCc4ccc(-c5ccccc5)cc4)[C@@H](OCc4ccc(-c5ccccc5)cc4)[C@H](N)[C@H]3OCc3ccc(-c4ccccc4)cc3)[C@H](N)C[C@@H]2N)[C@H](N)C[C@@H]1OCc1ccc(-c2ccccc2)cc1. The van der Waals surface area contributed by atoms with Gasteiger partial charge < -0.3 is 71.3 Å². The minimum absolute atomic E-state index is 0. The lowest BCUT2D eigenvalue weighted by atomic mass is 9.84. The molecule has 506 valence electrons. The van der Waals surface area contributed by atoms with Gasteiger partial charge in [-0.15, -0.1) is 12.4 Å². The second-order valence-corrected chi connectivity index (χ2v) is 25.6. The molecule has 98 heavy (non-hydrogen) atoms. The van der Waals surface area contributed by atoms with Crippen LogP contribution in [-0.4, -0.2) is 98.7 Å². The zero-order chi connectivity index (χ0) is 66.3. The fourth-order valence-electron chi connectivity index (χ4n) is 13.3. The molecule has 14 nitrogen and oxygen atoms in total. The first-order chi connectivity index (χ1) is 47.7. The highest BCUT2D eigenvalue weighted by molar-refractivity contribution is 5.85. The number of hydrogen-bond donors (Lipinski definition) is 5. The van der Waals surface area contributed by atoms with Gasteiger partial charge in [0, 0.05) is 18.6 Å². The Morgan fingerprint density at radius 3 is 0.969 bits per heavy atom. The second-order valence-electron chi connectivity index (χ2n) is 25.6. The Hall–Kier alpha value is -8.07. The lowest BCUT2D eigenvalue weighted by Gasteiger charge is -2.50. The van der Waals surface area contributed by atoms with Crippen molar-refractivity contribution < 1.29 is 42.6 Å². The summed E-state index contributed by atoms with van der Waals surface area (Å²) >= 11 is 0. The van der Waals surface area contributed by atoms with Crippen molar-refractivity contribution in [1.82, 2.24) is 0 Å². The van der Waals surface area contributed by atoms with Gasteiger partial charge in [-0.2, -0.15) is 0 Å². The minimum atomic E-state index is -1.15. The number of halogens is 1. The molecule has 0 unspecified atom stereocenters. The second kappa shape index (κ2) is 34.1. The molecule has 3 aliphatic rings. The van der Waals surface area contributed by atoms with Crippen molar-refractivity contribution in [2.45, 2.75) is 131 Å². The van der Waals surface area contributed by atoms with Crippen molar-refractivity contribution in [2.24, 2.45) is 28.7 Å². The number of benzene rings is 10. The molecular formula is C83H88ClN5O9. The van der Waals surface area contributed by atoms with E-state index in [0.717, 1.165) is 83.5 Å². The average molecular weight is 1340 g/mol. The van der Waals surface area contributed by atoms with Gasteiger partial charge in [-0.05, 0) is 96.3 Å². The summed E-state index contributed by atoms with van der Waals surface area (Å²) in [5.41, 5.74) is 51.7. The van der Waals surface area contributed by atoms with Gasteiger partial charge in [-0.1, -0.05) is 273 Å². The standard InChI is InChI=1S/C83H87N5O9.ClH/c84-48-74-73(90-50-56-28-38-66(39-29-56)61-18-8-2-9-19-61)47-72(87)82(94-74)96-77-70(85)46-71(86)78(81(77)93-53-59-34-44-69(45-35-59)64-24-14-5-15-25-64)97-83-80(92-52-58-32-42-68(43-33-58)63-22-12-4-13-23-63)76(88)79(91-51-57-30-40-67(41-31-57)62-20-10-3-11-21-62)75(95-83)54-89-49-55-26-36-65(37-27-55)60-16-6-1-7-17-60;/h1-45,70-83H,46-54,84-88H2;1H/t70-,71+,72+,73-,74+,75+,76-,77+,78-,79+,80+,81-,82+,83+;/m0./s1. The Balaban J connectivity index is 0.00000914. The fraction of sp³-hybridized carbons (Fsp3) is 0.277. The monoisotopic (exact) mass is 1330 g/mol. The highest BCUT2D eigenvalue weighted by atomic mass is 35.5. The number of hydrogen-bond acceptors (Lipinski definition) is 14. The van der Waals surface area contributed by atoms with E-state index in [9.17, 15) is 0 Å². The van der Waals surface area contributed by atoms with Crippen molar-refractivity contribution in [3.8, 4) is 55.6 Å². The summed E-state index contributed by atoms with van der Waals surface area (Å²) in [7, 11) is 0. The molecule has 0 radical (unpaired) electrons. The molecule has 1 aliphatic carbocycles. The summed E-state index contributed by atoms with van der Waals surface area (Å²) in [6.45, 7) is 1.43. The van der Waals surface area contributed by atoms with Crippen LogP contribution in [0.2, 0.25) is 0 Å². The number of ether oxygens (including phenoxy) is 9. The Labute approximate surface area is 581 Å². The van der Waals surface area contributed by atoms with Crippen molar-refractivity contribution in [3.05, 3.63) is 301 Å². The normalized spacial score (nSPS) is 24.7. The molecule has 10 aromatic rings. The summed E-state index contributed by atoms with van der Waals surface area (Å²) in [6.07, 6.45) is -7.51. The Morgan fingerprint density at radius 1 is 0.296 bits per heavy atom. The van der Waals surface area contributed by atoms with Gasteiger partial charge in [0.2, 0.25) is 0 Å². The molecule has 10 aromatic carbocycles. The summed E-state index contributed by atoms with van der Waals surface area (Å²) in [4.78, 5) is 0. The Morgan fingerprint density at radius 2 is 0.602 bits per heavy atom. The lowest BCUT2D eigenvalue weighted by Crippen LogP contribution is -2.69. The molecule has 14 atom stereocenters. The van der Waals surface area contributed by atoms with E-state index in [1.165, 1.54) is 0 Å². The summed E-state index contributed by atoms with van der Waals surface area (Å²) < 4.78 is 62.8. The van der Waals surface area contributed by atoms with Gasteiger partial charge in [0.15, 0.2) is 12.6 Å². The average Bonchev–Trinajstić information content (AvgIpc) is 0.783. The lowest BCUT2D eigenvalue weighted by molar-refractivity contribution is -0.330. The van der Waals surface area contributed by atoms with Crippen molar-refractivity contribution in [2.75, 3.05) is 13.2 Å². The third kappa shape index (κ3) is 17.7. The third-order valence-corrected chi connectivity index (χ3v) is 18.8. The van der Waals surface area contributed by atoms with Crippen LogP contribution in [0.3, 0.4) is 0 Å². The molecule has 1 saturated carbocycles. The quantitative estimate of drug-likeness (QED) is 0.0341. The van der Waals surface area contributed by atoms with E-state index in [2.05, 4.69) is 182 Å². The van der Waals surface area contributed by atoms with Crippen molar-refractivity contribution in [1.29, 1.82) is 0 Å². The largest absolute Gasteiger partial charge is 0.374 e. The Kier molecular flexibility index (Phi) is 24.3. The van der Waals surface area contributed by atoms with Crippen LogP contribution in [0.25, 0.3) is 55.6 Å². The topological polar surface area (TPSA) is 213 Å². The molecule has 0 spiro atoms. The predicted octanol–water partition coefficient (Wildman–Crippen LogP) is 13.6. The van der Waals surface area contributed by atoms with Gasteiger partial charge in [0.05, 0.1) is 63.9 Å². The molecule has 0 aromatic heterocycles. The summed E-state index contributed by atoms with van der Waals surface area (Å²) in [5.74, 6) is 0. The summed E-state index contributed by atoms with van der Waals surface area (Å²) in [5, 5.41) is 0. The van der Waals surface area contributed by atoms with Gasteiger partial charge >= 0.3 is 0 Å². The molecule has 2 aliphatic heterocycles. The molecule has 13 rings (SSSR count). The molecular weight excluding hydrogens is 1250 g/mol. The van der Waals surface area contributed by atoms with Crippen molar-refractivity contribution in [3.63, 3.8) is 0 Å². The molecule has 0 amide bonds. The van der Waals surface area contributed by atoms with Crippen LogP contribution in [0.1, 0.15) is 40.7 Å². The van der Waals surface area contributed by atoms with E-state index < -0.39 is 85.6 Å². The highest BCUT2D eigenvalue weighted by Crippen LogP contribution is 2.37. The Bertz CT molecular complexity index is 3990. The van der Waals surface area contributed by atoms with Gasteiger partial charge in [0.25, 0.3) is 0 Å². The third-order valence-electron chi connectivity index (χ3n) is 18.8. The highest BCUT2D eigenvalue weighted by Gasteiger charge is 2.53. The first kappa shape index (κ1) is 69.8. The van der Waals surface area contributed by atoms with Gasteiger partial charge in [-0.25, -0.2) is 0 Å². The van der Waals surface area contributed by atoms with Crippen LogP contribution in [-0.2, 0) is 75.7 Å². The zero-order valence-corrected chi connectivity index (χ0v) is 55.7.